The van der Waals surface area contributed by atoms with Crippen molar-refractivity contribution in [2.45, 2.75) is 64.1 Å². The minimum atomic E-state index is -6.06. The van der Waals surface area contributed by atoms with Gasteiger partial charge in [-0.25, -0.2) is 9.59 Å². The molecule has 0 fully saturated rings. The van der Waals surface area contributed by atoms with Gasteiger partial charge >= 0.3 is 36.1 Å². The quantitative estimate of drug-likeness (QED) is 0.317. The molecule has 0 radical (unpaired) electrons. The summed E-state index contributed by atoms with van der Waals surface area (Å²) < 4.78 is 134. The van der Waals surface area contributed by atoms with Gasteiger partial charge in [0.25, 0.3) is 0 Å². The molecule has 0 spiro atoms. The van der Waals surface area contributed by atoms with E-state index in [1.807, 2.05) is 0 Å². The maximum absolute atomic E-state index is 13.1. The molecule has 0 amide bonds. The van der Waals surface area contributed by atoms with Crippen LogP contribution in [-0.4, -0.2) is 48.3 Å². The zero-order valence-corrected chi connectivity index (χ0v) is 15.2. The highest BCUT2D eigenvalue weighted by atomic mass is 19.4. The second-order valence-corrected chi connectivity index (χ2v) is 6.12. The molecule has 0 bridgehead atoms. The normalized spacial score (nSPS) is 16.4. The van der Waals surface area contributed by atoms with Crippen LogP contribution in [0.1, 0.15) is 27.7 Å². The Balaban J connectivity index is 5.49. The van der Waals surface area contributed by atoms with Crippen molar-refractivity contribution < 1.29 is 63.0 Å². The van der Waals surface area contributed by atoms with E-state index in [1.165, 1.54) is 0 Å². The number of alkyl halides is 10. The monoisotopic (exact) mass is 450 g/mol. The number of ether oxygens (including phenoxy) is 2. The third kappa shape index (κ3) is 6.49. The number of hydrogen-bond donors (Lipinski definition) is 0. The van der Waals surface area contributed by atoms with Gasteiger partial charge < -0.3 is 9.47 Å². The Hall–Kier alpha value is -2.02. The minimum absolute atomic E-state index is 0.0778. The predicted octanol–water partition coefficient (Wildman–Crippen LogP) is 4.83. The Morgan fingerprint density at radius 3 is 1.34 bits per heavy atom. The Morgan fingerprint density at radius 2 is 1.03 bits per heavy atom. The van der Waals surface area contributed by atoms with Crippen LogP contribution in [0.3, 0.4) is 0 Å². The van der Waals surface area contributed by atoms with Gasteiger partial charge in [0.05, 0.1) is 0 Å². The van der Waals surface area contributed by atoms with E-state index in [1.54, 1.807) is 0 Å². The summed E-state index contributed by atoms with van der Waals surface area (Å²) in [6.07, 6.45) is -18.1. The van der Waals surface area contributed by atoms with Crippen LogP contribution in [0.5, 0.6) is 0 Å². The summed E-state index contributed by atoms with van der Waals surface area (Å²) in [7, 11) is 0. The first-order valence-corrected chi connectivity index (χ1v) is 7.68. The van der Waals surface area contributed by atoms with Crippen LogP contribution < -0.4 is 0 Å². The first kappa shape index (κ1) is 27.0. The SMILES string of the molecule is CC(C)/C(=C\C(=O)OC(C)C(F)(F)C(F)(F)F)C(=O)OC(C)C(F)(F)C(F)(F)F. The van der Waals surface area contributed by atoms with Gasteiger partial charge in [0, 0.05) is 11.6 Å². The molecular formula is C15H16F10O4. The summed E-state index contributed by atoms with van der Waals surface area (Å²) in [6, 6.07) is 0. The Morgan fingerprint density at radius 1 is 0.690 bits per heavy atom. The zero-order chi connectivity index (χ0) is 23.6. The summed E-state index contributed by atoms with van der Waals surface area (Å²) in [5.74, 6) is -15.7. The molecule has 0 aromatic heterocycles. The lowest BCUT2D eigenvalue weighted by molar-refractivity contribution is -0.311. The molecule has 0 saturated heterocycles. The average molecular weight is 450 g/mol. The first-order valence-electron chi connectivity index (χ1n) is 7.68. The minimum Gasteiger partial charge on any atom is -0.453 e. The lowest BCUT2D eigenvalue weighted by Crippen LogP contribution is -2.48. The molecule has 0 heterocycles. The second kappa shape index (κ2) is 8.78. The molecular weight excluding hydrogens is 434 g/mol. The fourth-order valence-electron chi connectivity index (χ4n) is 1.63. The highest BCUT2D eigenvalue weighted by molar-refractivity contribution is 5.96. The molecule has 0 aromatic rings. The number of carbonyl (C=O) groups is 2. The molecule has 2 atom stereocenters. The molecule has 0 aliphatic heterocycles. The number of rotatable bonds is 7. The van der Waals surface area contributed by atoms with Crippen molar-refractivity contribution in [3.8, 4) is 0 Å². The van der Waals surface area contributed by atoms with Crippen LogP contribution in [-0.2, 0) is 19.1 Å². The van der Waals surface area contributed by atoms with Crippen LogP contribution in [0.25, 0.3) is 0 Å². The lowest BCUT2D eigenvalue weighted by Gasteiger charge is -2.26. The third-order valence-corrected chi connectivity index (χ3v) is 3.48. The maximum Gasteiger partial charge on any atom is 0.457 e. The van der Waals surface area contributed by atoms with Gasteiger partial charge in [-0.2, -0.15) is 43.9 Å². The number of halogens is 10. The Bertz CT molecular complexity index is 634. The summed E-state index contributed by atoms with van der Waals surface area (Å²) in [5.41, 5.74) is -0.887. The summed E-state index contributed by atoms with van der Waals surface area (Å²) in [5, 5.41) is 0. The van der Waals surface area contributed by atoms with E-state index in [9.17, 15) is 53.5 Å². The highest BCUT2D eigenvalue weighted by Crippen LogP contribution is 2.40. The average Bonchev–Trinajstić information content (AvgIpc) is 2.49. The van der Waals surface area contributed by atoms with E-state index >= 15 is 0 Å². The standard InChI is InChI=1S/C15H16F10O4/c1-6(2)9(11(27)29-8(4)13(18,19)15(23,24)25)5-10(26)28-7(3)12(16,17)14(20,21)22/h5-8H,1-4H3/b9-5+. The van der Waals surface area contributed by atoms with E-state index in [-0.39, 0.29) is 19.9 Å². The molecule has 0 aliphatic carbocycles. The van der Waals surface area contributed by atoms with E-state index in [0.717, 1.165) is 13.8 Å². The van der Waals surface area contributed by atoms with Crippen LogP contribution in [0.15, 0.2) is 11.6 Å². The number of carbonyl (C=O) groups excluding carboxylic acids is 2. The van der Waals surface area contributed by atoms with E-state index in [4.69, 9.17) is 0 Å². The molecule has 14 heteroatoms. The Labute approximate surface area is 157 Å². The summed E-state index contributed by atoms with van der Waals surface area (Å²) in [6.45, 7) is 2.70. The van der Waals surface area contributed by atoms with Gasteiger partial charge in [-0.05, 0) is 19.8 Å². The van der Waals surface area contributed by atoms with Crippen molar-refractivity contribution in [2.24, 2.45) is 5.92 Å². The molecule has 4 nitrogen and oxygen atoms in total. The molecule has 0 N–H and O–H groups in total. The third-order valence-electron chi connectivity index (χ3n) is 3.48. The zero-order valence-electron chi connectivity index (χ0n) is 15.2. The number of esters is 2. The van der Waals surface area contributed by atoms with Crippen LogP contribution in [0.2, 0.25) is 0 Å². The molecule has 0 rings (SSSR count). The van der Waals surface area contributed by atoms with Gasteiger partial charge in [0.15, 0.2) is 12.2 Å². The molecule has 29 heavy (non-hydrogen) atoms. The molecule has 0 aliphatic rings. The smallest absolute Gasteiger partial charge is 0.453 e. The molecule has 2 unspecified atom stereocenters. The largest absolute Gasteiger partial charge is 0.457 e. The fraction of sp³-hybridized carbons (Fsp3) is 0.733. The lowest BCUT2D eigenvalue weighted by atomic mass is 10.0. The Kier molecular flexibility index (Phi) is 8.16. The van der Waals surface area contributed by atoms with Crippen LogP contribution in [0, 0.1) is 5.92 Å². The molecule has 170 valence electrons. The van der Waals surface area contributed by atoms with Gasteiger partial charge in [-0.15, -0.1) is 0 Å². The topological polar surface area (TPSA) is 52.6 Å². The summed E-state index contributed by atoms with van der Waals surface area (Å²) in [4.78, 5) is 23.4. The first-order chi connectivity index (χ1) is 12.7. The van der Waals surface area contributed by atoms with Crippen molar-refractivity contribution >= 4 is 11.9 Å². The maximum atomic E-state index is 13.1. The van der Waals surface area contributed by atoms with Crippen molar-refractivity contribution in [1.29, 1.82) is 0 Å². The fourth-order valence-corrected chi connectivity index (χ4v) is 1.63. The van der Waals surface area contributed by atoms with Crippen LogP contribution >= 0.6 is 0 Å². The van der Waals surface area contributed by atoms with E-state index < -0.39 is 59.8 Å². The second-order valence-electron chi connectivity index (χ2n) is 6.12. The molecule has 0 aromatic carbocycles. The van der Waals surface area contributed by atoms with Crippen molar-refractivity contribution in [3.05, 3.63) is 11.6 Å². The summed E-state index contributed by atoms with van der Waals surface area (Å²) >= 11 is 0. The van der Waals surface area contributed by atoms with Gasteiger partial charge in [-0.1, -0.05) is 13.8 Å². The molecule has 0 saturated carbocycles. The van der Waals surface area contributed by atoms with Gasteiger partial charge in [0.1, 0.15) is 0 Å². The van der Waals surface area contributed by atoms with Crippen molar-refractivity contribution in [3.63, 3.8) is 0 Å². The van der Waals surface area contributed by atoms with Crippen LogP contribution in [0.4, 0.5) is 43.9 Å². The van der Waals surface area contributed by atoms with E-state index in [0.29, 0.717) is 0 Å². The highest BCUT2D eigenvalue weighted by Gasteiger charge is 2.63. The van der Waals surface area contributed by atoms with Crippen molar-refractivity contribution in [2.75, 3.05) is 0 Å². The van der Waals surface area contributed by atoms with Gasteiger partial charge in [-0.3, -0.25) is 0 Å². The van der Waals surface area contributed by atoms with Gasteiger partial charge in [0.2, 0.25) is 0 Å². The number of hydrogen-bond acceptors (Lipinski definition) is 4. The van der Waals surface area contributed by atoms with Crippen molar-refractivity contribution in [1.82, 2.24) is 0 Å². The van der Waals surface area contributed by atoms with E-state index in [2.05, 4.69) is 9.47 Å². The predicted molar refractivity (Wildman–Crippen MR) is 76.0 cm³/mol.